The van der Waals surface area contributed by atoms with Crippen LogP contribution in [0, 0.1) is 11.8 Å². The first kappa shape index (κ1) is 7.67. The van der Waals surface area contributed by atoms with E-state index >= 15 is 0 Å². The predicted molar refractivity (Wildman–Crippen MR) is 43.0 cm³/mol. The summed E-state index contributed by atoms with van der Waals surface area (Å²) < 4.78 is 0. The SMILES string of the molecule is CC1CC(N)(c2nn[nH]n2)C1C. The summed E-state index contributed by atoms with van der Waals surface area (Å²) in [5.74, 6) is 1.75. The maximum Gasteiger partial charge on any atom is 0.194 e. The van der Waals surface area contributed by atoms with Crippen molar-refractivity contribution < 1.29 is 0 Å². The fourth-order valence-electron chi connectivity index (χ4n) is 1.90. The predicted octanol–water partition coefficient (Wildman–Crippen LogP) is 0.0296. The van der Waals surface area contributed by atoms with E-state index in [0.29, 0.717) is 17.7 Å². The van der Waals surface area contributed by atoms with Gasteiger partial charge in [-0.1, -0.05) is 19.1 Å². The van der Waals surface area contributed by atoms with E-state index in [1.54, 1.807) is 0 Å². The third-order valence-corrected chi connectivity index (χ3v) is 3.09. The second-order valence-electron chi connectivity index (χ2n) is 3.75. The maximum atomic E-state index is 6.12. The fourth-order valence-corrected chi connectivity index (χ4v) is 1.90. The Morgan fingerprint density at radius 3 is 2.75 bits per heavy atom. The van der Waals surface area contributed by atoms with Gasteiger partial charge < -0.3 is 5.73 Å². The van der Waals surface area contributed by atoms with Gasteiger partial charge in [-0.3, -0.25) is 0 Å². The molecule has 0 bridgehead atoms. The number of nitrogens with one attached hydrogen (secondary N) is 1. The minimum Gasteiger partial charge on any atom is -0.318 e. The van der Waals surface area contributed by atoms with Crippen molar-refractivity contribution in [3.63, 3.8) is 0 Å². The molecule has 5 heteroatoms. The van der Waals surface area contributed by atoms with E-state index in [9.17, 15) is 0 Å². The van der Waals surface area contributed by atoms with Crippen LogP contribution in [0.1, 0.15) is 26.1 Å². The van der Waals surface area contributed by atoms with Crippen LogP contribution < -0.4 is 5.73 Å². The van der Waals surface area contributed by atoms with Crippen LogP contribution in [0.2, 0.25) is 0 Å². The molecular weight excluding hydrogens is 154 g/mol. The van der Waals surface area contributed by atoms with E-state index < -0.39 is 0 Å². The van der Waals surface area contributed by atoms with E-state index in [0.717, 1.165) is 6.42 Å². The second-order valence-corrected chi connectivity index (χ2v) is 3.75. The highest BCUT2D eigenvalue weighted by Crippen LogP contribution is 2.46. The van der Waals surface area contributed by atoms with Crippen LogP contribution in [0.15, 0.2) is 0 Å². The summed E-state index contributed by atoms with van der Waals surface area (Å²) in [4.78, 5) is 0. The van der Waals surface area contributed by atoms with Crippen molar-refractivity contribution in [3.8, 4) is 0 Å². The molecule has 0 aliphatic heterocycles. The zero-order chi connectivity index (χ0) is 8.77. The minimum atomic E-state index is -0.341. The zero-order valence-corrected chi connectivity index (χ0v) is 7.28. The quantitative estimate of drug-likeness (QED) is 0.618. The highest BCUT2D eigenvalue weighted by Gasteiger charge is 2.50. The summed E-state index contributed by atoms with van der Waals surface area (Å²) in [5.41, 5.74) is 5.78. The van der Waals surface area contributed by atoms with Gasteiger partial charge >= 0.3 is 0 Å². The Morgan fingerprint density at radius 2 is 2.33 bits per heavy atom. The van der Waals surface area contributed by atoms with Gasteiger partial charge in [-0.2, -0.15) is 5.21 Å². The van der Waals surface area contributed by atoms with Gasteiger partial charge in [-0.05, 0) is 18.3 Å². The monoisotopic (exact) mass is 167 g/mol. The molecule has 0 aromatic carbocycles. The third kappa shape index (κ3) is 0.797. The van der Waals surface area contributed by atoms with E-state index in [-0.39, 0.29) is 5.54 Å². The van der Waals surface area contributed by atoms with Crippen molar-refractivity contribution in [2.24, 2.45) is 17.6 Å². The van der Waals surface area contributed by atoms with Gasteiger partial charge in [0.25, 0.3) is 0 Å². The molecule has 3 N–H and O–H groups in total. The standard InChI is InChI=1S/C7H13N5/c1-4-3-7(8,5(4)2)6-9-11-12-10-6/h4-5H,3,8H2,1-2H3,(H,9,10,11,12). The Hall–Kier alpha value is -0.970. The summed E-state index contributed by atoms with van der Waals surface area (Å²) >= 11 is 0. The highest BCUT2D eigenvalue weighted by molar-refractivity contribution is 5.12. The van der Waals surface area contributed by atoms with E-state index in [1.807, 2.05) is 0 Å². The smallest absolute Gasteiger partial charge is 0.194 e. The Bertz CT molecular complexity index is 269. The molecule has 1 fully saturated rings. The summed E-state index contributed by atoms with van der Waals surface area (Å²) in [6.45, 7) is 4.32. The van der Waals surface area contributed by atoms with Gasteiger partial charge in [0.1, 0.15) is 0 Å². The Balaban J connectivity index is 2.25. The Morgan fingerprint density at radius 1 is 1.58 bits per heavy atom. The molecule has 2 rings (SSSR count). The van der Waals surface area contributed by atoms with E-state index in [1.165, 1.54) is 0 Å². The van der Waals surface area contributed by atoms with Crippen molar-refractivity contribution in [3.05, 3.63) is 5.82 Å². The van der Waals surface area contributed by atoms with Gasteiger partial charge in [0, 0.05) is 0 Å². The van der Waals surface area contributed by atoms with Crippen LogP contribution in [0.4, 0.5) is 0 Å². The number of hydrogen-bond donors (Lipinski definition) is 2. The summed E-state index contributed by atoms with van der Waals surface area (Å²) in [7, 11) is 0. The van der Waals surface area contributed by atoms with E-state index in [2.05, 4.69) is 34.5 Å². The van der Waals surface area contributed by atoms with Crippen LogP contribution in [-0.2, 0) is 5.54 Å². The molecule has 0 radical (unpaired) electrons. The van der Waals surface area contributed by atoms with Gasteiger partial charge in [-0.25, -0.2) is 0 Å². The molecule has 1 aromatic heterocycles. The first-order valence-electron chi connectivity index (χ1n) is 4.17. The molecular formula is C7H13N5. The zero-order valence-electron chi connectivity index (χ0n) is 7.28. The largest absolute Gasteiger partial charge is 0.318 e. The highest BCUT2D eigenvalue weighted by atomic mass is 15.5. The van der Waals surface area contributed by atoms with Crippen molar-refractivity contribution >= 4 is 0 Å². The summed E-state index contributed by atoms with van der Waals surface area (Å²) in [5, 5.41) is 13.8. The fraction of sp³-hybridized carbons (Fsp3) is 0.857. The normalized spacial score (nSPS) is 40.9. The van der Waals surface area contributed by atoms with Crippen LogP contribution >= 0.6 is 0 Å². The molecule has 0 spiro atoms. The molecule has 1 saturated carbocycles. The Labute approximate surface area is 70.7 Å². The minimum absolute atomic E-state index is 0.341. The van der Waals surface area contributed by atoms with Gasteiger partial charge in [-0.15, -0.1) is 10.2 Å². The van der Waals surface area contributed by atoms with Gasteiger partial charge in [0.2, 0.25) is 0 Å². The molecule has 3 unspecified atom stereocenters. The first-order chi connectivity index (χ1) is 5.64. The molecule has 1 heterocycles. The molecule has 12 heavy (non-hydrogen) atoms. The molecule has 1 aliphatic rings. The lowest BCUT2D eigenvalue weighted by Crippen LogP contribution is -2.56. The lowest BCUT2D eigenvalue weighted by atomic mass is 9.61. The first-order valence-corrected chi connectivity index (χ1v) is 4.17. The average molecular weight is 167 g/mol. The maximum absolute atomic E-state index is 6.12. The van der Waals surface area contributed by atoms with Crippen LogP contribution in [-0.4, -0.2) is 20.6 Å². The average Bonchev–Trinajstić information content (AvgIpc) is 2.56. The number of nitrogens with zero attached hydrogens (tertiary/aromatic N) is 3. The molecule has 0 saturated heterocycles. The third-order valence-electron chi connectivity index (χ3n) is 3.09. The number of hydrogen-bond acceptors (Lipinski definition) is 4. The topological polar surface area (TPSA) is 80.5 Å². The van der Waals surface area contributed by atoms with Crippen molar-refractivity contribution in [2.75, 3.05) is 0 Å². The number of tetrazole rings is 1. The molecule has 0 amide bonds. The van der Waals surface area contributed by atoms with Crippen molar-refractivity contribution in [1.29, 1.82) is 0 Å². The molecule has 1 aromatic rings. The summed E-state index contributed by atoms with van der Waals surface area (Å²) in [6.07, 6.45) is 0.952. The molecule has 66 valence electrons. The number of aromatic nitrogens is 4. The number of H-pyrrole nitrogens is 1. The van der Waals surface area contributed by atoms with Crippen molar-refractivity contribution in [1.82, 2.24) is 20.6 Å². The van der Waals surface area contributed by atoms with Crippen LogP contribution in [0.3, 0.4) is 0 Å². The number of aromatic amines is 1. The second kappa shape index (κ2) is 2.26. The van der Waals surface area contributed by atoms with Gasteiger partial charge in [0.05, 0.1) is 5.54 Å². The summed E-state index contributed by atoms with van der Waals surface area (Å²) in [6, 6.07) is 0. The number of rotatable bonds is 1. The van der Waals surface area contributed by atoms with Crippen LogP contribution in [0.25, 0.3) is 0 Å². The van der Waals surface area contributed by atoms with Crippen molar-refractivity contribution in [2.45, 2.75) is 25.8 Å². The van der Waals surface area contributed by atoms with Crippen LogP contribution in [0.5, 0.6) is 0 Å². The van der Waals surface area contributed by atoms with E-state index in [4.69, 9.17) is 5.73 Å². The molecule has 5 nitrogen and oxygen atoms in total. The van der Waals surface area contributed by atoms with Gasteiger partial charge in [0.15, 0.2) is 5.82 Å². The lowest BCUT2D eigenvalue weighted by molar-refractivity contribution is 0.0545. The molecule has 3 atom stereocenters. The number of nitrogens with two attached hydrogens (primary N) is 1. The Kier molecular flexibility index (Phi) is 1.44. The molecule has 1 aliphatic carbocycles. The lowest BCUT2D eigenvalue weighted by Gasteiger charge is -2.48.